The molecule has 2 N–H and O–H groups in total. The maximum Gasteiger partial charge on any atom is 0.281 e. The summed E-state index contributed by atoms with van der Waals surface area (Å²) in [4.78, 5) is 18.1. The van der Waals surface area contributed by atoms with Gasteiger partial charge in [0.25, 0.3) is 10.0 Å². The molecule has 1 saturated heterocycles. The third-order valence-electron chi connectivity index (χ3n) is 4.72. The van der Waals surface area contributed by atoms with E-state index in [-0.39, 0.29) is 10.9 Å². The van der Waals surface area contributed by atoms with Gasteiger partial charge in [-0.05, 0) is 38.3 Å². The molecule has 8 heteroatoms. The van der Waals surface area contributed by atoms with Crippen molar-refractivity contribution in [1.29, 1.82) is 0 Å². The van der Waals surface area contributed by atoms with Crippen molar-refractivity contribution >= 4 is 21.7 Å². The molecule has 1 amide bonds. The number of nitrogens with one attached hydrogen (secondary N) is 1. The van der Waals surface area contributed by atoms with Crippen LogP contribution in [0.5, 0.6) is 0 Å². The molecule has 7 nitrogen and oxygen atoms in total. The van der Waals surface area contributed by atoms with Gasteiger partial charge in [-0.1, -0.05) is 18.9 Å². The Morgan fingerprint density at radius 3 is 2.71 bits per heavy atom. The van der Waals surface area contributed by atoms with Gasteiger partial charge in [0.05, 0.1) is 5.60 Å². The van der Waals surface area contributed by atoms with Gasteiger partial charge in [-0.25, -0.2) is 9.71 Å². The molecule has 3 rings (SSSR count). The van der Waals surface area contributed by atoms with Crippen molar-refractivity contribution in [3.05, 3.63) is 18.2 Å². The SMILES string of the molecule is CC1(O)CCN(c2cccc(S(=O)(=O)NC(=O)C3CCCC3)n2)C1. The number of carbonyl (C=O) groups excluding carboxylic acids is 1. The summed E-state index contributed by atoms with van der Waals surface area (Å²) in [6.45, 7) is 2.76. The van der Waals surface area contributed by atoms with Crippen LogP contribution >= 0.6 is 0 Å². The molecular weight excluding hydrogens is 330 g/mol. The first-order chi connectivity index (χ1) is 11.3. The Kier molecular flexibility index (Phi) is 4.52. The number of hydrogen-bond acceptors (Lipinski definition) is 6. The Morgan fingerprint density at radius 2 is 2.08 bits per heavy atom. The van der Waals surface area contributed by atoms with Crippen molar-refractivity contribution < 1.29 is 18.3 Å². The molecule has 1 unspecified atom stereocenters. The lowest BCUT2D eigenvalue weighted by molar-refractivity contribution is -0.122. The first-order valence-electron chi connectivity index (χ1n) is 8.28. The van der Waals surface area contributed by atoms with Crippen LogP contribution in [0.2, 0.25) is 0 Å². The zero-order valence-electron chi connectivity index (χ0n) is 13.7. The Hall–Kier alpha value is -1.67. The molecule has 1 aromatic heterocycles. The van der Waals surface area contributed by atoms with E-state index < -0.39 is 21.5 Å². The van der Waals surface area contributed by atoms with Gasteiger partial charge in [-0.15, -0.1) is 0 Å². The monoisotopic (exact) mass is 353 g/mol. The molecule has 0 bridgehead atoms. The first-order valence-corrected chi connectivity index (χ1v) is 9.76. The summed E-state index contributed by atoms with van der Waals surface area (Å²) >= 11 is 0. The lowest BCUT2D eigenvalue weighted by Gasteiger charge is -2.20. The fourth-order valence-electron chi connectivity index (χ4n) is 3.33. The topological polar surface area (TPSA) is 99.6 Å². The molecule has 2 fully saturated rings. The van der Waals surface area contributed by atoms with Gasteiger partial charge in [0.2, 0.25) is 5.91 Å². The van der Waals surface area contributed by atoms with Crippen LogP contribution in [0.15, 0.2) is 23.2 Å². The molecule has 2 aliphatic rings. The van der Waals surface area contributed by atoms with Gasteiger partial charge < -0.3 is 10.0 Å². The highest BCUT2D eigenvalue weighted by Crippen LogP contribution is 2.27. The van der Waals surface area contributed by atoms with E-state index in [9.17, 15) is 18.3 Å². The molecular formula is C16H23N3O4S. The Bertz CT molecular complexity index is 727. The average Bonchev–Trinajstić information content (AvgIpc) is 3.16. The number of aromatic nitrogens is 1. The maximum absolute atomic E-state index is 12.4. The fraction of sp³-hybridized carbons (Fsp3) is 0.625. The van der Waals surface area contributed by atoms with Crippen molar-refractivity contribution in [2.45, 2.75) is 49.7 Å². The predicted octanol–water partition coefficient (Wildman–Crippen LogP) is 1.04. The minimum absolute atomic E-state index is 0.169. The maximum atomic E-state index is 12.4. The number of sulfonamides is 1. The van der Waals surface area contributed by atoms with Crippen molar-refractivity contribution in [2.24, 2.45) is 5.92 Å². The number of pyridine rings is 1. The van der Waals surface area contributed by atoms with Crippen molar-refractivity contribution in [2.75, 3.05) is 18.0 Å². The van der Waals surface area contributed by atoms with Gasteiger partial charge in [-0.2, -0.15) is 8.42 Å². The second-order valence-electron chi connectivity index (χ2n) is 6.95. The Labute approximate surface area is 142 Å². The largest absolute Gasteiger partial charge is 0.388 e. The van der Waals surface area contributed by atoms with Crippen molar-refractivity contribution in [3.8, 4) is 0 Å². The van der Waals surface area contributed by atoms with Crippen LogP contribution in [-0.4, -0.2) is 43.1 Å². The van der Waals surface area contributed by atoms with E-state index in [1.807, 2.05) is 4.90 Å². The molecule has 1 aromatic rings. The molecule has 24 heavy (non-hydrogen) atoms. The van der Waals surface area contributed by atoms with Gasteiger partial charge in [0.1, 0.15) is 5.82 Å². The molecule has 0 aromatic carbocycles. The zero-order chi connectivity index (χ0) is 17.4. The minimum Gasteiger partial charge on any atom is -0.388 e. The number of aliphatic hydroxyl groups is 1. The summed E-state index contributed by atoms with van der Waals surface area (Å²) in [6, 6.07) is 4.69. The number of β-amino-alcohol motifs (C(OH)–C–C–N with tert-alkyl or cyclic N) is 1. The van der Waals surface area contributed by atoms with Crippen LogP contribution < -0.4 is 9.62 Å². The molecule has 1 aliphatic heterocycles. The van der Waals surface area contributed by atoms with Crippen LogP contribution in [0, 0.1) is 5.92 Å². The zero-order valence-corrected chi connectivity index (χ0v) is 14.6. The van der Waals surface area contributed by atoms with E-state index >= 15 is 0 Å². The number of anilines is 1. The van der Waals surface area contributed by atoms with Crippen LogP contribution in [0.25, 0.3) is 0 Å². The van der Waals surface area contributed by atoms with Crippen LogP contribution in [0.4, 0.5) is 5.82 Å². The van der Waals surface area contributed by atoms with Crippen LogP contribution in [-0.2, 0) is 14.8 Å². The second kappa shape index (κ2) is 6.33. The van der Waals surface area contributed by atoms with Gasteiger partial charge in [0.15, 0.2) is 5.03 Å². The van der Waals surface area contributed by atoms with Gasteiger partial charge in [-0.3, -0.25) is 4.79 Å². The fourth-order valence-corrected chi connectivity index (χ4v) is 4.33. The molecule has 1 atom stereocenters. The predicted molar refractivity (Wildman–Crippen MR) is 89.0 cm³/mol. The number of amides is 1. The number of hydrogen-bond donors (Lipinski definition) is 2. The van der Waals surface area contributed by atoms with Gasteiger partial charge in [0, 0.05) is 19.0 Å². The lowest BCUT2D eigenvalue weighted by Crippen LogP contribution is -2.35. The van der Waals surface area contributed by atoms with E-state index in [0.29, 0.717) is 25.3 Å². The summed E-state index contributed by atoms with van der Waals surface area (Å²) in [5.41, 5.74) is -0.798. The van der Waals surface area contributed by atoms with E-state index in [2.05, 4.69) is 9.71 Å². The van der Waals surface area contributed by atoms with E-state index in [4.69, 9.17) is 0 Å². The summed E-state index contributed by atoms with van der Waals surface area (Å²) < 4.78 is 27.0. The highest BCUT2D eigenvalue weighted by Gasteiger charge is 2.33. The van der Waals surface area contributed by atoms with Crippen LogP contribution in [0.3, 0.4) is 0 Å². The summed E-state index contributed by atoms with van der Waals surface area (Å²) in [5, 5.41) is 9.88. The van der Waals surface area contributed by atoms with E-state index in [1.165, 1.54) is 6.07 Å². The lowest BCUT2D eigenvalue weighted by atomic mass is 10.1. The van der Waals surface area contributed by atoms with Gasteiger partial charge >= 0.3 is 0 Å². The molecule has 0 radical (unpaired) electrons. The van der Waals surface area contributed by atoms with Crippen molar-refractivity contribution in [1.82, 2.24) is 9.71 Å². The summed E-state index contributed by atoms with van der Waals surface area (Å²) in [5.74, 6) is -0.176. The normalized spacial score (nSPS) is 25.2. The first kappa shape index (κ1) is 17.2. The molecule has 1 aliphatic carbocycles. The molecule has 2 heterocycles. The minimum atomic E-state index is -3.98. The van der Waals surface area contributed by atoms with Crippen LogP contribution in [0.1, 0.15) is 39.0 Å². The van der Waals surface area contributed by atoms with E-state index in [0.717, 1.165) is 25.7 Å². The number of nitrogens with zero attached hydrogens (tertiary/aromatic N) is 2. The highest BCUT2D eigenvalue weighted by atomic mass is 32.2. The average molecular weight is 353 g/mol. The Balaban J connectivity index is 1.76. The molecule has 1 saturated carbocycles. The number of carbonyl (C=O) groups is 1. The smallest absolute Gasteiger partial charge is 0.281 e. The molecule has 0 spiro atoms. The molecule has 132 valence electrons. The summed E-state index contributed by atoms with van der Waals surface area (Å²) in [6.07, 6.45) is 3.99. The second-order valence-corrected chi connectivity index (χ2v) is 8.58. The highest BCUT2D eigenvalue weighted by molar-refractivity contribution is 7.90. The number of rotatable bonds is 4. The quantitative estimate of drug-likeness (QED) is 0.839. The summed E-state index contributed by atoms with van der Waals surface area (Å²) in [7, 11) is -3.98. The standard InChI is InChI=1S/C16H23N3O4S/c1-16(21)9-10-19(11-16)13-7-4-8-14(17-13)24(22,23)18-15(20)12-5-2-3-6-12/h4,7-8,12,21H,2-3,5-6,9-11H2,1H3,(H,18,20). The van der Waals surface area contributed by atoms with E-state index in [1.54, 1.807) is 19.1 Å². The van der Waals surface area contributed by atoms with Crippen molar-refractivity contribution in [3.63, 3.8) is 0 Å². The Morgan fingerprint density at radius 1 is 1.38 bits per heavy atom. The third-order valence-corrected chi connectivity index (χ3v) is 5.97. The third kappa shape index (κ3) is 3.70.